The number of methoxy groups -OCH3 is 2. The number of nitrogens with one attached hydrogen (secondary N) is 2. The van der Waals surface area contributed by atoms with Crippen molar-refractivity contribution in [1.29, 1.82) is 0 Å². The van der Waals surface area contributed by atoms with E-state index in [2.05, 4.69) is 10.0 Å². The van der Waals surface area contributed by atoms with E-state index in [1.165, 1.54) is 12.1 Å². The van der Waals surface area contributed by atoms with E-state index >= 15 is 0 Å². The van der Waals surface area contributed by atoms with Gasteiger partial charge in [-0.2, -0.15) is 0 Å². The van der Waals surface area contributed by atoms with Crippen LogP contribution in [0.2, 0.25) is 0 Å². The number of hydrogen-bond acceptors (Lipinski definition) is 6. The summed E-state index contributed by atoms with van der Waals surface area (Å²) < 4.78 is 43.6. The molecule has 3 rings (SSSR count). The highest BCUT2D eigenvalue weighted by molar-refractivity contribution is 7.89. The van der Waals surface area contributed by atoms with Crippen LogP contribution in [0, 0.1) is 0 Å². The summed E-state index contributed by atoms with van der Waals surface area (Å²) in [4.78, 5) is 12.3. The summed E-state index contributed by atoms with van der Waals surface area (Å²) in [7, 11) is -0.382. The molecule has 0 aliphatic heterocycles. The quantitative estimate of drug-likeness (QED) is 0.532. The predicted molar refractivity (Wildman–Crippen MR) is 121 cm³/mol. The maximum absolute atomic E-state index is 12.4. The van der Waals surface area contributed by atoms with Crippen molar-refractivity contribution in [1.82, 2.24) is 10.0 Å². The van der Waals surface area contributed by atoms with Gasteiger partial charge in [0.2, 0.25) is 10.0 Å². The average Bonchev–Trinajstić information content (AvgIpc) is 3.30. The van der Waals surface area contributed by atoms with Gasteiger partial charge in [-0.25, -0.2) is 13.1 Å². The van der Waals surface area contributed by atoms with Crippen molar-refractivity contribution in [2.24, 2.45) is 0 Å². The van der Waals surface area contributed by atoms with Crippen molar-refractivity contribution in [2.45, 2.75) is 43.0 Å². The zero-order chi connectivity index (χ0) is 23.0. The van der Waals surface area contributed by atoms with Crippen LogP contribution in [0.4, 0.5) is 0 Å². The van der Waals surface area contributed by atoms with Crippen LogP contribution < -0.4 is 24.2 Å². The van der Waals surface area contributed by atoms with Gasteiger partial charge < -0.3 is 19.5 Å². The largest absolute Gasteiger partial charge is 0.493 e. The third-order valence-corrected chi connectivity index (χ3v) is 6.90. The second kappa shape index (κ2) is 11.2. The van der Waals surface area contributed by atoms with E-state index in [4.69, 9.17) is 14.2 Å². The van der Waals surface area contributed by atoms with Crippen LogP contribution >= 0.6 is 0 Å². The first-order valence-electron chi connectivity index (χ1n) is 10.6. The van der Waals surface area contributed by atoms with Crippen molar-refractivity contribution in [3.63, 3.8) is 0 Å². The van der Waals surface area contributed by atoms with Crippen molar-refractivity contribution in [2.75, 3.05) is 27.4 Å². The van der Waals surface area contributed by atoms with Crippen LogP contribution in [0.1, 0.15) is 31.2 Å². The molecule has 1 amide bonds. The lowest BCUT2D eigenvalue weighted by Crippen LogP contribution is -2.32. The van der Waals surface area contributed by atoms with Gasteiger partial charge in [-0.1, -0.05) is 18.9 Å². The molecule has 2 N–H and O–H groups in total. The van der Waals surface area contributed by atoms with Crippen LogP contribution in [0.25, 0.3) is 0 Å². The molecule has 0 unspecified atom stereocenters. The Hall–Kier alpha value is -2.78. The summed E-state index contributed by atoms with van der Waals surface area (Å²) in [5, 5.41) is 2.80. The van der Waals surface area contributed by atoms with Gasteiger partial charge in [0.05, 0.1) is 19.1 Å². The minimum atomic E-state index is -3.54. The van der Waals surface area contributed by atoms with Gasteiger partial charge in [0.25, 0.3) is 5.91 Å². The molecule has 1 saturated carbocycles. The molecule has 1 aliphatic rings. The number of carbonyl (C=O) groups excluding carboxylic acids is 1. The van der Waals surface area contributed by atoms with Gasteiger partial charge in [0.1, 0.15) is 5.75 Å². The molecular formula is C23H30N2O6S. The topological polar surface area (TPSA) is 103 Å². The third-order valence-electron chi connectivity index (χ3n) is 5.36. The molecule has 0 spiro atoms. The van der Waals surface area contributed by atoms with E-state index in [9.17, 15) is 13.2 Å². The lowest BCUT2D eigenvalue weighted by molar-refractivity contribution is -0.123. The number of sulfonamides is 1. The minimum Gasteiger partial charge on any atom is -0.493 e. The smallest absolute Gasteiger partial charge is 0.257 e. The zero-order valence-corrected chi connectivity index (χ0v) is 19.2. The first-order chi connectivity index (χ1) is 15.4. The van der Waals surface area contributed by atoms with E-state index < -0.39 is 10.0 Å². The van der Waals surface area contributed by atoms with Crippen molar-refractivity contribution >= 4 is 15.9 Å². The summed E-state index contributed by atoms with van der Waals surface area (Å²) in [6.45, 7) is 0.292. The van der Waals surface area contributed by atoms with Gasteiger partial charge in [-0.15, -0.1) is 0 Å². The van der Waals surface area contributed by atoms with Crippen LogP contribution in [-0.4, -0.2) is 47.7 Å². The molecular weight excluding hydrogens is 432 g/mol. The summed E-state index contributed by atoms with van der Waals surface area (Å²) >= 11 is 0. The van der Waals surface area contributed by atoms with Crippen LogP contribution in [0.5, 0.6) is 17.2 Å². The average molecular weight is 463 g/mol. The Balaban J connectivity index is 1.43. The maximum Gasteiger partial charge on any atom is 0.257 e. The van der Waals surface area contributed by atoms with Crippen LogP contribution in [-0.2, 0) is 21.2 Å². The molecule has 0 heterocycles. The van der Waals surface area contributed by atoms with E-state index in [1.807, 2.05) is 18.2 Å². The Morgan fingerprint density at radius 2 is 1.69 bits per heavy atom. The first kappa shape index (κ1) is 23.9. The van der Waals surface area contributed by atoms with Gasteiger partial charge in [-0.3, -0.25) is 4.79 Å². The van der Waals surface area contributed by atoms with E-state index in [0.717, 1.165) is 31.2 Å². The molecule has 2 aromatic rings. The molecule has 0 aromatic heterocycles. The SMILES string of the molecule is COc1ccc(CCNC(=O)COc2ccc(S(=O)(=O)NC3CCCC3)cc2)cc1OC. The minimum absolute atomic E-state index is 0.0126. The first-order valence-corrected chi connectivity index (χ1v) is 12.1. The summed E-state index contributed by atoms with van der Waals surface area (Å²) in [6.07, 6.45) is 4.49. The fourth-order valence-electron chi connectivity index (χ4n) is 3.63. The Bertz CT molecular complexity index is 1000. The highest BCUT2D eigenvalue weighted by Crippen LogP contribution is 2.27. The number of benzene rings is 2. The molecule has 2 aromatic carbocycles. The van der Waals surface area contributed by atoms with Crippen LogP contribution in [0.3, 0.4) is 0 Å². The van der Waals surface area contributed by atoms with E-state index in [0.29, 0.717) is 30.2 Å². The maximum atomic E-state index is 12.4. The predicted octanol–water partition coefficient (Wildman–Crippen LogP) is 2.66. The molecule has 174 valence electrons. The Kier molecular flexibility index (Phi) is 8.35. The number of ether oxygens (including phenoxy) is 3. The monoisotopic (exact) mass is 462 g/mol. The molecule has 9 heteroatoms. The Morgan fingerprint density at radius 1 is 1.00 bits per heavy atom. The van der Waals surface area contributed by atoms with Crippen molar-refractivity contribution < 1.29 is 27.4 Å². The van der Waals surface area contributed by atoms with Crippen molar-refractivity contribution in [3.8, 4) is 17.2 Å². The second-order valence-corrected chi connectivity index (χ2v) is 9.37. The fraction of sp³-hybridized carbons (Fsp3) is 0.435. The zero-order valence-electron chi connectivity index (χ0n) is 18.4. The highest BCUT2D eigenvalue weighted by atomic mass is 32.2. The van der Waals surface area contributed by atoms with Crippen LogP contribution in [0.15, 0.2) is 47.4 Å². The lowest BCUT2D eigenvalue weighted by Gasteiger charge is -2.13. The van der Waals surface area contributed by atoms with Gasteiger partial charge >= 0.3 is 0 Å². The molecule has 0 bridgehead atoms. The number of carbonyl (C=O) groups is 1. The third kappa shape index (κ3) is 6.61. The van der Waals surface area contributed by atoms with Gasteiger partial charge in [0, 0.05) is 12.6 Å². The lowest BCUT2D eigenvalue weighted by atomic mass is 10.1. The van der Waals surface area contributed by atoms with E-state index in [1.54, 1.807) is 26.4 Å². The Morgan fingerprint density at radius 3 is 2.34 bits per heavy atom. The summed E-state index contributed by atoms with van der Waals surface area (Å²) in [5.41, 5.74) is 1.01. The fourth-order valence-corrected chi connectivity index (χ4v) is 4.93. The molecule has 0 saturated heterocycles. The molecule has 0 radical (unpaired) electrons. The second-order valence-electron chi connectivity index (χ2n) is 7.65. The Labute approximate surface area is 189 Å². The summed E-state index contributed by atoms with van der Waals surface area (Å²) in [5.74, 6) is 1.47. The summed E-state index contributed by atoms with van der Waals surface area (Å²) in [6, 6.07) is 11.7. The van der Waals surface area contributed by atoms with Gasteiger partial charge in [0.15, 0.2) is 18.1 Å². The normalized spacial score (nSPS) is 14.2. The molecule has 32 heavy (non-hydrogen) atoms. The standard InChI is InChI=1S/C23H30N2O6S/c1-29-21-12-7-17(15-22(21)30-2)13-14-24-23(26)16-31-19-8-10-20(11-9-19)32(27,28)25-18-5-3-4-6-18/h7-12,15,18,25H,3-6,13-14,16H2,1-2H3,(H,24,26). The molecule has 1 fully saturated rings. The molecule has 0 atom stereocenters. The number of hydrogen-bond donors (Lipinski definition) is 2. The molecule has 1 aliphatic carbocycles. The van der Waals surface area contributed by atoms with Gasteiger partial charge in [-0.05, 0) is 61.2 Å². The highest BCUT2D eigenvalue weighted by Gasteiger charge is 2.22. The van der Waals surface area contributed by atoms with Crippen molar-refractivity contribution in [3.05, 3.63) is 48.0 Å². The number of amides is 1. The number of rotatable bonds is 11. The van der Waals surface area contributed by atoms with E-state index in [-0.39, 0.29) is 23.5 Å². The molecule has 8 nitrogen and oxygen atoms in total.